The van der Waals surface area contributed by atoms with Gasteiger partial charge < -0.3 is 9.31 Å². The molecule has 0 amide bonds. The highest BCUT2D eigenvalue weighted by Crippen LogP contribution is 2.37. The Hall–Kier alpha value is -1.09. The van der Waals surface area contributed by atoms with Crippen LogP contribution in [0.2, 0.25) is 0 Å². The molecule has 1 atom stereocenters. The van der Waals surface area contributed by atoms with Gasteiger partial charge in [-0.2, -0.15) is 0 Å². The zero-order chi connectivity index (χ0) is 15.6. The van der Waals surface area contributed by atoms with Crippen LogP contribution < -0.4 is 10.9 Å². The third kappa shape index (κ3) is 2.09. The number of fused-ring (bicyclic) bond motifs is 1. The molecule has 1 aromatic heterocycles. The van der Waals surface area contributed by atoms with E-state index in [1.54, 1.807) is 19.3 Å². The lowest BCUT2D eigenvalue weighted by molar-refractivity contribution is 0.00578. The van der Waals surface area contributed by atoms with Gasteiger partial charge in [-0.3, -0.25) is 5.43 Å². The van der Waals surface area contributed by atoms with Crippen molar-refractivity contribution in [3.63, 3.8) is 0 Å². The highest BCUT2D eigenvalue weighted by molar-refractivity contribution is 7.98. The molecule has 0 saturated carbocycles. The summed E-state index contributed by atoms with van der Waals surface area (Å²) in [7, 11) is -1.38. The van der Waals surface area contributed by atoms with Crippen LogP contribution in [0.25, 0.3) is 0 Å². The Kier molecular flexibility index (Phi) is 2.98. The molecule has 1 saturated heterocycles. The third-order valence-corrected chi connectivity index (χ3v) is 6.42. The number of hydrogen-bond acceptors (Lipinski definition) is 5. The molecule has 1 aromatic rings. The Morgan fingerprint density at radius 1 is 1.33 bits per heavy atom. The fourth-order valence-corrected chi connectivity index (χ4v) is 3.51. The summed E-state index contributed by atoms with van der Waals surface area (Å²) in [5.41, 5.74) is 2.85. The molecule has 3 rings (SSSR count). The molecule has 1 unspecified atom stereocenters. The monoisotopic (exact) mass is 309 g/mol. The number of hydrogen-bond donors (Lipinski definition) is 1. The van der Waals surface area contributed by atoms with Crippen molar-refractivity contribution in [2.24, 2.45) is 0 Å². The van der Waals surface area contributed by atoms with Gasteiger partial charge in [0, 0.05) is 18.7 Å². The lowest BCUT2D eigenvalue weighted by Gasteiger charge is -2.32. The quantitative estimate of drug-likeness (QED) is 0.609. The maximum Gasteiger partial charge on any atom is 0.496 e. The Morgan fingerprint density at radius 2 is 1.90 bits per heavy atom. The summed E-state index contributed by atoms with van der Waals surface area (Å²) in [6.45, 7) is 7.97. The smallest absolute Gasteiger partial charge is 0.399 e. The zero-order valence-electron chi connectivity index (χ0n) is 13.0. The van der Waals surface area contributed by atoms with Crippen LogP contribution in [0.1, 0.15) is 27.7 Å². The van der Waals surface area contributed by atoms with E-state index in [0.29, 0.717) is 10.7 Å². The van der Waals surface area contributed by atoms with E-state index in [-0.39, 0.29) is 0 Å². The Bertz CT molecular complexity index is 687. The summed E-state index contributed by atoms with van der Waals surface area (Å²) in [6, 6.07) is 1.80. The van der Waals surface area contributed by atoms with Crippen LogP contribution >= 0.6 is 0 Å². The number of rotatable bonds is 1. The minimum atomic E-state index is -2.55. The number of hydrazine groups is 1. The number of anilines is 1. The average Bonchev–Trinajstić information content (AvgIpc) is 2.71. The summed E-state index contributed by atoms with van der Waals surface area (Å²) in [5, 5.41) is 0. The third-order valence-electron chi connectivity index (χ3n) is 4.45. The molecule has 114 valence electrons. The van der Waals surface area contributed by atoms with E-state index >= 15 is 0 Å². The molecule has 1 fully saturated rings. The largest absolute Gasteiger partial charge is 0.496 e. The van der Waals surface area contributed by atoms with Gasteiger partial charge >= 0.3 is 7.12 Å². The fourth-order valence-electron chi connectivity index (χ4n) is 2.27. The van der Waals surface area contributed by atoms with Crippen LogP contribution in [0.3, 0.4) is 0 Å². The maximum atomic E-state index is 12.6. The molecule has 1 N–H and O–H groups in total. The molecule has 8 heteroatoms. The summed E-state index contributed by atoms with van der Waals surface area (Å²) >= 11 is 0. The normalized spacial score (nSPS) is 30.2. The van der Waals surface area contributed by atoms with Gasteiger partial charge in [-0.1, -0.05) is 0 Å². The molecule has 21 heavy (non-hydrogen) atoms. The maximum absolute atomic E-state index is 12.6. The van der Waals surface area contributed by atoms with Crippen molar-refractivity contribution in [3.8, 4) is 0 Å². The molecular formula is C13H20BN3O3S. The Labute approximate surface area is 126 Å². The standard InChI is InChI=1S/C13H20BN3O3S/c1-12(2)13(3,4)20-14(19-12)9-7-10-11(15-8-9)16-17(5)21(10,6)18/h7-8H,6H2,1-5H3,(H,15,16). The number of pyridine rings is 1. The molecule has 0 aromatic carbocycles. The van der Waals surface area contributed by atoms with Gasteiger partial charge in [0.2, 0.25) is 0 Å². The molecule has 2 aliphatic heterocycles. The Morgan fingerprint density at radius 3 is 2.48 bits per heavy atom. The Balaban J connectivity index is 1.99. The molecule has 3 heterocycles. The van der Waals surface area contributed by atoms with Crippen LogP contribution in [0.4, 0.5) is 5.82 Å². The number of nitrogens with zero attached hydrogens (tertiary/aromatic N) is 2. The lowest BCUT2D eigenvalue weighted by atomic mass is 9.80. The van der Waals surface area contributed by atoms with E-state index in [9.17, 15) is 4.21 Å². The first-order chi connectivity index (χ1) is 9.54. The van der Waals surface area contributed by atoms with E-state index in [2.05, 4.69) is 16.3 Å². The van der Waals surface area contributed by atoms with Gasteiger partial charge in [0.15, 0.2) is 5.82 Å². The zero-order valence-corrected chi connectivity index (χ0v) is 13.8. The van der Waals surface area contributed by atoms with Crippen molar-refractivity contribution in [1.29, 1.82) is 0 Å². The second-order valence-corrected chi connectivity index (χ2v) is 8.72. The van der Waals surface area contributed by atoms with Crippen molar-refractivity contribution in [2.45, 2.75) is 43.8 Å². The SMILES string of the molecule is C=S1(=O)c2cc(B3OC(C)(C)C(C)(C)O3)cnc2NN1C. The topological polar surface area (TPSA) is 63.7 Å². The molecule has 2 aliphatic rings. The molecule has 6 nitrogen and oxygen atoms in total. The summed E-state index contributed by atoms with van der Waals surface area (Å²) < 4.78 is 26.1. The van der Waals surface area contributed by atoms with E-state index in [1.165, 1.54) is 4.41 Å². The van der Waals surface area contributed by atoms with Crippen molar-refractivity contribution >= 4 is 34.0 Å². The van der Waals surface area contributed by atoms with Gasteiger partial charge in [-0.15, -0.1) is 4.41 Å². The van der Waals surface area contributed by atoms with Crippen molar-refractivity contribution < 1.29 is 13.5 Å². The van der Waals surface area contributed by atoms with Crippen LogP contribution in [0.5, 0.6) is 0 Å². The predicted octanol–water partition coefficient (Wildman–Crippen LogP) is 0.643. The van der Waals surface area contributed by atoms with Crippen molar-refractivity contribution in [3.05, 3.63) is 12.3 Å². The highest BCUT2D eigenvalue weighted by Gasteiger charge is 2.52. The first-order valence-electron chi connectivity index (χ1n) is 6.78. The molecule has 0 bridgehead atoms. The first-order valence-corrected chi connectivity index (χ1v) is 8.46. The fraction of sp³-hybridized carbons (Fsp3) is 0.538. The minimum Gasteiger partial charge on any atom is -0.399 e. The van der Waals surface area contributed by atoms with E-state index in [0.717, 1.165) is 5.46 Å². The van der Waals surface area contributed by atoms with Crippen molar-refractivity contribution in [1.82, 2.24) is 9.40 Å². The van der Waals surface area contributed by atoms with E-state index < -0.39 is 28.0 Å². The summed E-state index contributed by atoms with van der Waals surface area (Å²) in [4.78, 5) is 4.89. The second kappa shape index (κ2) is 4.22. The first kappa shape index (κ1) is 14.8. The van der Waals surface area contributed by atoms with E-state index in [1.807, 2.05) is 27.7 Å². The van der Waals surface area contributed by atoms with Gasteiger partial charge in [0.25, 0.3) is 0 Å². The summed E-state index contributed by atoms with van der Waals surface area (Å²) in [5.74, 6) is 4.35. The van der Waals surface area contributed by atoms with Crippen LogP contribution in [0.15, 0.2) is 17.2 Å². The van der Waals surface area contributed by atoms with Gasteiger partial charge in [0.1, 0.15) is 0 Å². The predicted molar refractivity (Wildman–Crippen MR) is 84.9 cm³/mol. The average molecular weight is 309 g/mol. The second-order valence-electron chi connectivity index (χ2n) is 6.45. The number of aromatic nitrogens is 1. The molecular weight excluding hydrogens is 289 g/mol. The highest BCUT2D eigenvalue weighted by atomic mass is 32.2. The number of nitrogens with one attached hydrogen (secondary N) is 1. The van der Waals surface area contributed by atoms with Gasteiger partial charge in [-0.25, -0.2) is 9.19 Å². The van der Waals surface area contributed by atoms with Crippen molar-refractivity contribution in [2.75, 3.05) is 12.5 Å². The van der Waals surface area contributed by atoms with Gasteiger partial charge in [0.05, 0.1) is 25.8 Å². The van der Waals surface area contributed by atoms with Crippen LogP contribution in [0, 0.1) is 0 Å². The molecule has 0 aliphatic carbocycles. The van der Waals surface area contributed by atoms with Crippen LogP contribution in [-0.4, -0.2) is 44.8 Å². The molecule has 0 radical (unpaired) electrons. The van der Waals surface area contributed by atoms with Crippen LogP contribution in [-0.2, 0) is 19.0 Å². The minimum absolute atomic E-state index is 0.419. The lowest BCUT2D eigenvalue weighted by Crippen LogP contribution is -2.41. The van der Waals surface area contributed by atoms with E-state index in [4.69, 9.17) is 9.31 Å². The van der Waals surface area contributed by atoms with Gasteiger partial charge in [-0.05, 0) is 39.6 Å². The summed E-state index contributed by atoms with van der Waals surface area (Å²) in [6.07, 6.45) is 1.68. The molecule has 0 spiro atoms.